The zero-order valence-electron chi connectivity index (χ0n) is 11.7. The van der Waals surface area contributed by atoms with E-state index >= 15 is 0 Å². The summed E-state index contributed by atoms with van der Waals surface area (Å²) >= 11 is 0. The first-order chi connectivity index (χ1) is 9.58. The normalized spacial score (nSPS) is 11.4. The summed E-state index contributed by atoms with van der Waals surface area (Å²) in [5, 5.41) is 0. The first-order valence-electron chi connectivity index (χ1n) is 6.38. The van der Waals surface area contributed by atoms with E-state index in [2.05, 4.69) is 0 Å². The number of likely N-dealkylation sites (N-methyl/N-ethyl adjacent to an activating group) is 1. The van der Waals surface area contributed by atoms with E-state index in [1.807, 2.05) is 30.3 Å². The number of nitrogens with zero attached hydrogens (tertiary/aromatic N) is 1. The second-order valence-electron chi connectivity index (χ2n) is 4.71. The van der Waals surface area contributed by atoms with Crippen LogP contribution in [0.3, 0.4) is 0 Å². The van der Waals surface area contributed by atoms with Crippen molar-refractivity contribution in [3.8, 4) is 0 Å². The van der Waals surface area contributed by atoms with Crippen molar-refractivity contribution >= 4 is 18.3 Å². The van der Waals surface area contributed by atoms with Crippen LogP contribution in [0.4, 0.5) is 4.39 Å². The molecule has 0 unspecified atom stereocenters. The van der Waals surface area contributed by atoms with E-state index in [0.717, 1.165) is 11.1 Å². The first-order valence-corrected chi connectivity index (χ1v) is 6.38. The molecule has 2 rings (SSSR count). The van der Waals surface area contributed by atoms with Gasteiger partial charge in [0.2, 0.25) is 5.91 Å². The summed E-state index contributed by atoms with van der Waals surface area (Å²) in [6, 6.07) is 14.6. The Balaban J connectivity index is 0.00000220. The van der Waals surface area contributed by atoms with E-state index in [-0.39, 0.29) is 24.1 Å². The van der Waals surface area contributed by atoms with Crippen LogP contribution in [0.25, 0.3) is 0 Å². The molecule has 0 aliphatic rings. The van der Waals surface area contributed by atoms with Gasteiger partial charge in [0, 0.05) is 13.6 Å². The van der Waals surface area contributed by atoms with Crippen molar-refractivity contribution in [3.63, 3.8) is 0 Å². The summed E-state index contributed by atoms with van der Waals surface area (Å²) in [7, 11) is 1.69. The van der Waals surface area contributed by atoms with Gasteiger partial charge >= 0.3 is 0 Å². The fraction of sp³-hybridized carbons (Fsp3) is 0.188. The molecule has 3 nitrogen and oxygen atoms in total. The Kier molecular flexibility index (Phi) is 6.34. The lowest BCUT2D eigenvalue weighted by atomic mass is 10.1. The number of nitrogens with two attached hydrogens (primary N) is 1. The van der Waals surface area contributed by atoms with Crippen LogP contribution in [0.15, 0.2) is 54.6 Å². The zero-order chi connectivity index (χ0) is 14.5. The number of halogens is 2. The molecule has 1 amide bonds. The van der Waals surface area contributed by atoms with Gasteiger partial charge in [-0.15, -0.1) is 12.4 Å². The van der Waals surface area contributed by atoms with Gasteiger partial charge in [0.05, 0.1) is 0 Å². The van der Waals surface area contributed by atoms with Gasteiger partial charge in [0.25, 0.3) is 0 Å². The van der Waals surface area contributed by atoms with Crippen LogP contribution in [0.5, 0.6) is 0 Å². The molecule has 0 fully saturated rings. The Morgan fingerprint density at radius 3 is 2.29 bits per heavy atom. The van der Waals surface area contributed by atoms with E-state index in [9.17, 15) is 9.18 Å². The van der Waals surface area contributed by atoms with Crippen LogP contribution in [0, 0.1) is 5.82 Å². The van der Waals surface area contributed by atoms with E-state index in [1.54, 1.807) is 24.1 Å². The van der Waals surface area contributed by atoms with Gasteiger partial charge in [-0.2, -0.15) is 0 Å². The van der Waals surface area contributed by atoms with Gasteiger partial charge in [0.15, 0.2) is 0 Å². The minimum atomic E-state index is -0.679. The maximum atomic E-state index is 12.8. The van der Waals surface area contributed by atoms with Crippen LogP contribution < -0.4 is 5.73 Å². The molecule has 0 aliphatic carbocycles. The lowest BCUT2D eigenvalue weighted by molar-refractivity contribution is -0.131. The summed E-state index contributed by atoms with van der Waals surface area (Å²) in [6.45, 7) is 0.402. The number of rotatable bonds is 4. The number of benzene rings is 2. The van der Waals surface area contributed by atoms with Crippen molar-refractivity contribution in [2.45, 2.75) is 12.6 Å². The molecule has 21 heavy (non-hydrogen) atoms. The molecule has 2 aromatic carbocycles. The third-order valence-electron chi connectivity index (χ3n) is 3.13. The van der Waals surface area contributed by atoms with Gasteiger partial charge < -0.3 is 10.6 Å². The molecule has 0 aliphatic heterocycles. The van der Waals surface area contributed by atoms with Crippen molar-refractivity contribution < 1.29 is 9.18 Å². The second kappa shape index (κ2) is 7.76. The summed E-state index contributed by atoms with van der Waals surface area (Å²) in [5.41, 5.74) is 7.61. The quantitative estimate of drug-likeness (QED) is 0.944. The van der Waals surface area contributed by atoms with Gasteiger partial charge in [0.1, 0.15) is 11.9 Å². The number of hydrogen-bond donors (Lipinski definition) is 1. The summed E-state index contributed by atoms with van der Waals surface area (Å²) in [4.78, 5) is 13.8. The summed E-state index contributed by atoms with van der Waals surface area (Å²) in [6.07, 6.45) is 0. The third-order valence-corrected chi connectivity index (χ3v) is 3.13. The lowest BCUT2D eigenvalue weighted by Crippen LogP contribution is -2.35. The highest BCUT2D eigenvalue weighted by molar-refractivity contribution is 5.85. The predicted octanol–water partition coefficient (Wildman–Crippen LogP) is 2.91. The van der Waals surface area contributed by atoms with Gasteiger partial charge in [-0.25, -0.2) is 4.39 Å². The third kappa shape index (κ3) is 4.55. The monoisotopic (exact) mass is 308 g/mol. The molecular weight excluding hydrogens is 291 g/mol. The lowest BCUT2D eigenvalue weighted by Gasteiger charge is -2.21. The summed E-state index contributed by atoms with van der Waals surface area (Å²) in [5.74, 6) is -0.454. The molecule has 0 radical (unpaired) electrons. The Morgan fingerprint density at radius 2 is 1.71 bits per heavy atom. The molecule has 1 atom stereocenters. The smallest absolute Gasteiger partial charge is 0.244 e. The number of amides is 1. The van der Waals surface area contributed by atoms with Crippen LogP contribution in [0.2, 0.25) is 0 Å². The first kappa shape index (κ1) is 17.1. The van der Waals surface area contributed by atoms with Crippen LogP contribution >= 0.6 is 12.4 Å². The SMILES string of the molecule is CN(Cc1ccc(F)cc1)C(=O)[C@@H](N)c1ccccc1.Cl. The van der Waals surface area contributed by atoms with E-state index in [4.69, 9.17) is 5.73 Å². The fourth-order valence-corrected chi connectivity index (χ4v) is 1.98. The molecule has 0 saturated carbocycles. The van der Waals surface area contributed by atoms with Crippen molar-refractivity contribution in [2.75, 3.05) is 7.05 Å². The van der Waals surface area contributed by atoms with Crippen LogP contribution in [-0.4, -0.2) is 17.9 Å². The average Bonchev–Trinajstić information content (AvgIpc) is 2.49. The predicted molar refractivity (Wildman–Crippen MR) is 83.5 cm³/mol. The molecule has 112 valence electrons. The number of carbonyl (C=O) groups is 1. The molecule has 0 spiro atoms. The second-order valence-corrected chi connectivity index (χ2v) is 4.71. The van der Waals surface area contributed by atoms with Crippen LogP contribution in [0.1, 0.15) is 17.2 Å². The highest BCUT2D eigenvalue weighted by Crippen LogP contribution is 2.14. The van der Waals surface area contributed by atoms with E-state index in [1.165, 1.54) is 12.1 Å². The Bertz CT molecular complexity index is 575. The Hall–Kier alpha value is -1.91. The highest BCUT2D eigenvalue weighted by atomic mass is 35.5. The average molecular weight is 309 g/mol. The Morgan fingerprint density at radius 1 is 1.14 bits per heavy atom. The minimum absolute atomic E-state index is 0. The molecule has 0 heterocycles. The minimum Gasteiger partial charge on any atom is -0.340 e. The van der Waals surface area contributed by atoms with Gasteiger partial charge in [-0.1, -0.05) is 42.5 Å². The molecule has 0 bridgehead atoms. The molecule has 5 heteroatoms. The fourth-order valence-electron chi connectivity index (χ4n) is 1.98. The van der Waals surface area contributed by atoms with E-state index < -0.39 is 6.04 Å². The molecule has 0 aromatic heterocycles. The van der Waals surface area contributed by atoms with Crippen molar-refractivity contribution in [1.82, 2.24) is 4.90 Å². The summed E-state index contributed by atoms with van der Waals surface area (Å²) < 4.78 is 12.8. The molecule has 2 N–H and O–H groups in total. The molecule has 2 aromatic rings. The topological polar surface area (TPSA) is 46.3 Å². The van der Waals surface area contributed by atoms with Gasteiger partial charge in [-0.05, 0) is 23.3 Å². The van der Waals surface area contributed by atoms with Crippen molar-refractivity contribution in [3.05, 3.63) is 71.5 Å². The maximum Gasteiger partial charge on any atom is 0.244 e. The largest absolute Gasteiger partial charge is 0.340 e. The molecular formula is C16H18ClFN2O. The highest BCUT2D eigenvalue weighted by Gasteiger charge is 2.19. The maximum absolute atomic E-state index is 12.8. The van der Waals surface area contributed by atoms with Gasteiger partial charge in [-0.3, -0.25) is 4.79 Å². The standard InChI is InChI=1S/C16H17FN2O.ClH/c1-19(11-12-7-9-14(17)10-8-12)16(20)15(18)13-5-3-2-4-6-13;/h2-10,15H,11,18H2,1H3;1H/t15-;/m0./s1. The Labute approximate surface area is 130 Å². The van der Waals surface area contributed by atoms with Crippen LogP contribution in [-0.2, 0) is 11.3 Å². The van der Waals surface area contributed by atoms with Crippen molar-refractivity contribution in [2.24, 2.45) is 5.73 Å². The van der Waals surface area contributed by atoms with E-state index in [0.29, 0.717) is 6.54 Å². The molecule has 0 saturated heterocycles. The zero-order valence-corrected chi connectivity index (χ0v) is 12.5. The number of hydrogen-bond acceptors (Lipinski definition) is 2. The van der Waals surface area contributed by atoms with Crippen molar-refractivity contribution in [1.29, 1.82) is 0 Å². The number of carbonyl (C=O) groups excluding carboxylic acids is 1.